The number of phenols is 1. The molecule has 0 radical (unpaired) electrons. The summed E-state index contributed by atoms with van der Waals surface area (Å²) in [4.78, 5) is 57.3. The van der Waals surface area contributed by atoms with E-state index in [2.05, 4.69) is 4.99 Å². The monoisotopic (exact) mass is 598 g/mol. The molecule has 42 heavy (non-hydrogen) atoms. The van der Waals surface area contributed by atoms with Gasteiger partial charge in [0.2, 0.25) is 5.78 Å². The van der Waals surface area contributed by atoms with Crippen molar-refractivity contribution in [2.24, 2.45) is 22.6 Å². The molecule has 1 aromatic rings. The quantitative estimate of drug-likeness (QED) is 0.177. The molecule has 2 saturated carbocycles. The number of hydrogen-bond acceptors (Lipinski definition) is 11. The summed E-state index contributed by atoms with van der Waals surface area (Å²) in [7, 11) is 0. The third-order valence-corrected chi connectivity index (χ3v) is 10.4. The Balaban J connectivity index is 1.80. The second-order valence-corrected chi connectivity index (χ2v) is 12.4. The summed E-state index contributed by atoms with van der Waals surface area (Å²) in [6, 6.07) is 3.05. The van der Waals surface area contributed by atoms with Gasteiger partial charge in [0, 0.05) is 34.8 Å². The number of ketones is 2. The Morgan fingerprint density at radius 3 is 2.50 bits per heavy atom. The van der Waals surface area contributed by atoms with Crippen molar-refractivity contribution < 1.29 is 44.3 Å². The number of aliphatic hydroxyl groups is 3. The number of ether oxygens (including phenoxy) is 1. The molecule has 0 spiro atoms. The number of thioether (sulfide) groups is 1. The molecule has 224 valence electrons. The maximum absolute atomic E-state index is 14.4. The lowest BCUT2D eigenvalue weighted by Crippen LogP contribution is -2.68. The molecule has 0 aromatic heterocycles. The van der Waals surface area contributed by atoms with Crippen molar-refractivity contribution in [3.8, 4) is 5.75 Å². The van der Waals surface area contributed by atoms with E-state index in [9.17, 15) is 39.6 Å². The van der Waals surface area contributed by atoms with Gasteiger partial charge in [0.05, 0.1) is 11.5 Å². The molecule has 6 N–H and O–H groups in total. The highest BCUT2D eigenvalue weighted by atomic mass is 32.2. The Morgan fingerprint density at radius 1 is 1.19 bits per heavy atom. The van der Waals surface area contributed by atoms with Crippen molar-refractivity contribution in [1.29, 1.82) is 0 Å². The Bertz CT molecular complexity index is 1440. The highest BCUT2D eigenvalue weighted by Crippen LogP contribution is 2.57. The zero-order valence-corrected chi connectivity index (χ0v) is 24.1. The minimum Gasteiger partial charge on any atom is -0.508 e. The number of hydrogen-bond donors (Lipinski definition) is 5. The van der Waals surface area contributed by atoms with E-state index in [0.29, 0.717) is 16.6 Å². The molecule has 2 unspecified atom stereocenters. The number of primary amides is 1. The minimum absolute atomic E-state index is 0.00894. The number of nitrogens with two attached hydrogens (primary N) is 1. The number of benzene rings is 1. The van der Waals surface area contributed by atoms with Gasteiger partial charge >= 0.3 is 5.97 Å². The van der Waals surface area contributed by atoms with Gasteiger partial charge in [0.1, 0.15) is 35.0 Å². The fourth-order valence-electron chi connectivity index (χ4n) is 7.00. The lowest BCUT2D eigenvalue weighted by atomic mass is 9.54. The zero-order chi connectivity index (χ0) is 30.5. The summed E-state index contributed by atoms with van der Waals surface area (Å²) in [5, 5.41) is 46.0. The van der Waals surface area contributed by atoms with Crippen LogP contribution < -0.4 is 5.73 Å². The first-order chi connectivity index (χ1) is 20.0. The second kappa shape index (κ2) is 11.2. The zero-order valence-electron chi connectivity index (χ0n) is 23.3. The number of rotatable bonds is 7. The number of aliphatic hydroxyl groups excluding tert-OH is 2. The van der Waals surface area contributed by atoms with Crippen LogP contribution in [-0.4, -0.2) is 78.8 Å². The third kappa shape index (κ3) is 4.43. The number of aliphatic imine (C=N–C) groups is 1. The van der Waals surface area contributed by atoms with E-state index in [1.807, 2.05) is 0 Å². The lowest BCUT2D eigenvalue weighted by molar-refractivity contribution is -0.180. The molecule has 4 aliphatic rings. The first-order valence-corrected chi connectivity index (χ1v) is 15.1. The highest BCUT2D eigenvalue weighted by molar-refractivity contribution is 7.99. The van der Waals surface area contributed by atoms with Crippen LogP contribution in [0.5, 0.6) is 5.75 Å². The minimum atomic E-state index is -3.00. The molecule has 0 bridgehead atoms. The molecular formula is C30H34N2O9S. The maximum atomic E-state index is 14.4. The number of Topliss-reactive ketones (excluding diaryl/α,β-unsaturated/α-hetero) is 2. The molecule has 4 aliphatic carbocycles. The van der Waals surface area contributed by atoms with Crippen LogP contribution in [0.15, 0.2) is 40.1 Å². The molecule has 5 rings (SSSR count). The number of carbonyl (C=O) groups is 4. The van der Waals surface area contributed by atoms with E-state index in [1.54, 1.807) is 30.8 Å². The average Bonchev–Trinajstić information content (AvgIpc) is 3.47. The molecule has 0 saturated heterocycles. The first-order valence-electron chi connectivity index (χ1n) is 14.1. The number of esters is 1. The van der Waals surface area contributed by atoms with Gasteiger partial charge in [-0.2, -0.15) is 11.8 Å². The Labute approximate surface area is 246 Å². The fourth-order valence-corrected chi connectivity index (χ4v) is 8.54. The summed E-state index contributed by atoms with van der Waals surface area (Å²) in [5.74, 6) is -9.48. The molecule has 0 heterocycles. The largest absolute Gasteiger partial charge is 0.508 e. The Hall–Kier alpha value is -3.64. The SMILES string of the molecule is CC=N[C@@H]1C(=O)C(C(N)=O)=C(O)[C@@]2(O)C(=O)C3=C(O)c4c(O)cccc4[C@H](CSC4CCCC4)C3[C@H](OC(=O)CC)C12. The second-order valence-electron chi connectivity index (χ2n) is 11.1. The van der Waals surface area contributed by atoms with Crippen molar-refractivity contribution in [3.63, 3.8) is 0 Å². The molecule has 12 heteroatoms. The highest BCUT2D eigenvalue weighted by Gasteiger charge is 2.69. The van der Waals surface area contributed by atoms with Crippen LogP contribution in [0.3, 0.4) is 0 Å². The maximum Gasteiger partial charge on any atom is 0.305 e. The predicted molar refractivity (Wildman–Crippen MR) is 154 cm³/mol. The van der Waals surface area contributed by atoms with Crippen molar-refractivity contribution in [1.82, 2.24) is 0 Å². The van der Waals surface area contributed by atoms with Gasteiger partial charge in [0.25, 0.3) is 5.91 Å². The van der Waals surface area contributed by atoms with Crippen molar-refractivity contribution >= 4 is 47.2 Å². The summed E-state index contributed by atoms with van der Waals surface area (Å²) < 4.78 is 5.91. The summed E-state index contributed by atoms with van der Waals surface area (Å²) in [6.07, 6.45) is 3.91. The van der Waals surface area contributed by atoms with Crippen LogP contribution in [0.2, 0.25) is 0 Å². The van der Waals surface area contributed by atoms with Crippen LogP contribution in [0.1, 0.15) is 63.0 Å². The number of carbonyl (C=O) groups excluding carboxylic acids is 4. The Morgan fingerprint density at radius 2 is 1.88 bits per heavy atom. The van der Waals surface area contributed by atoms with Gasteiger partial charge in [-0.3, -0.25) is 24.2 Å². The van der Waals surface area contributed by atoms with Crippen molar-refractivity contribution in [2.75, 3.05) is 5.75 Å². The average molecular weight is 599 g/mol. The van der Waals surface area contributed by atoms with Gasteiger partial charge < -0.3 is 30.9 Å². The molecule has 1 aromatic carbocycles. The number of nitrogens with zero attached hydrogens (tertiary/aromatic N) is 1. The van der Waals surface area contributed by atoms with E-state index >= 15 is 0 Å². The van der Waals surface area contributed by atoms with Gasteiger partial charge in [-0.15, -0.1) is 0 Å². The van der Waals surface area contributed by atoms with Crippen molar-refractivity contribution in [3.05, 3.63) is 46.2 Å². The summed E-state index contributed by atoms with van der Waals surface area (Å²) in [6.45, 7) is 3.04. The van der Waals surface area contributed by atoms with E-state index in [0.717, 1.165) is 25.7 Å². The fraction of sp³-hybridized carbons (Fsp3) is 0.500. The van der Waals surface area contributed by atoms with Gasteiger partial charge in [-0.1, -0.05) is 31.9 Å². The molecular weight excluding hydrogens is 564 g/mol. The standard InChI is InChI=1S/C30H34N2O9S/c1-3-17(34)41-26-19-15(12-42-13-8-5-6-9-13)14-10-7-11-16(33)18(14)24(35)20(19)27(37)30(40)22(26)23(32-4-2)25(36)21(28(30)38)29(31)39/h4,7,10-11,13,15,19,22-23,26,33,35,38,40H,3,5-6,8-9,12H2,1-2H3,(H2,31,39)/t15-,19?,22?,23-,26-,30-/m0/s1. The third-order valence-electron chi connectivity index (χ3n) is 8.89. The molecule has 0 aliphatic heterocycles. The lowest BCUT2D eigenvalue weighted by Gasteiger charge is -2.53. The normalized spacial score (nSPS) is 31.3. The molecule has 6 atom stereocenters. The summed E-state index contributed by atoms with van der Waals surface area (Å²) in [5.41, 5.74) is 1.53. The number of phenolic OH excluding ortho intramolecular Hbond substituents is 1. The van der Waals surface area contributed by atoms with Gasteiger partial charge in [-0.25, -0.2) is 0 Å². The van der Waals surface area contributed by atoms with Gasteiger partial charge in [0.15, 0.2) is 11.4 Å². The number of fused-ring (bicyclic) bond motifs is 3. The van der Waals surface area contributed by atoms with Crippen LogP contribution >= 0.6 is 11.8 Å². The van der Waals surface area contributed by atoms with E-state index in [-0.39, 0.29) is 23.3 Å². The van der Waals surface area contributed by atoms with E-state index in [4.69, 9.17) is 10.5 Å². The van der Waals surface area contributed by atoms with E-state index in [1.165, 1.54) is 19.2 Å². The first kappa shape index (κ1) is 29.8. The van der Waals surface area contributed by atoms with Crippen LogP contribution in [-0.2, 0) is 23.9 Å². The molecule has 11 nitrogen and oxygen atoms in total. The van der Waals surface area contributed by atoms with Gasteiger partial charge in [-0.05, 0) is 37.6 Å². The van der Waals surface area contributed by atoms with Crippen LogP contribution in [0.4, 0.5) is 0 Å². The Kier molecular flexibility index (Phi) is 7.97. The van der Waals surface area contributed by atoms with E-state index < -0.39 is 76.0 Å². The number of amides is 1. The summed E-state index contributed by atoms with van der Waals surface area (Å²) >= 11 is 1.67. The van der Waals surface area contributed by atoms with Crippen LogP contribution in [0.25, 0.3) is 5.76 Å². The van der Waals surface area contributed by atoms with Crippen LogP contribution in [0, 0.1) is 11.8 Å². The predicted octanol–water partition coefficient (Wildman–Crippen LogP) is 2.64. The topological polar surface area (TPSA) is 197 Å². The molecule has 1 amide bonds. The van der Waals surface area contributed by atoms with Crippen molar-refractivity contribution in [2.45, 2.75) is 74.9 Å². The smallest absolute Gasteiger partial charge is 0.305 e. The number of aromatic hydroxyl groups is 1. The molecule has 2 fully saturated rings.